The van der Waals surface area contributed by atoms with E-state index >= 15 is 0 Å². The summed E-state index contributed by atoms with van der Waals surface area (Å²) in [6.07, 6.45) is -0.587. The molecule has 0 aliphatic carbocycles. The van der Waals surface area contributed by atoms with Crippen molar-refractivity contribution in [1.29, 1.82) is 0 Å². The third kappa shape index (κ3) is 8.15. The zero-order valence-electron chi connectivity index (χ0n) is 23.8. The summed E-state index contributed by atoms with van der Waals surface area (Å²) in [5.41, 5.74) is 2.61. The molecule has 0 saturated heterocycles. The second kappa shape index (κ2) is 14.7. The molecule has 45 heavy (non-hydrogen) atoms. The molecular formula is C35H24F3IrN6. The van der Waals surface area contributed by atoms with Crippen LogP contribution in [0.1, 0.15) is 29.6 Å². The van der Waals surface area contributed by atoms with Gasteiger partial charge < -0.3 is 15.2 Å². The number of rotatable bonds is 6. The fraction of sp³-hybridized carbons (Fsp3) is 0.114. The fourth-order valence-electron chi connectivity index (χ4n) is 4.58. The van der Waals surface area contributed by atoms with Crippen molar-refractivity contribution in [3.05, 3.63) is 162 Å². The zero-order chi connectivity index (χ0) is 31.0. The number of pyridine rings is 3. The Hall–Kier alpha value is -4.97. The van der Waals surface area contributed by atoms with E-state index in [2.05, 4.69) is 32.2 Å². The predicted octanol–water partition coefficient (Wildman–Crippen LogP) is 7.96. The summed E-state index contributed by atoms with van der Waals surface area (Å²) in [6, 6.07) is 36.3. The molecule has 10 heteroatoms. The van der Waals surface area contributed by atoms with Gasteiger partial charge in [0.2, 0.25) is 0 Å². The average Bonchev–Trinajstić information content (AvgIpc) is 3.58. The van der Waals surface area contributed by atoms with Crippen LogP contribution in [0.2, 0.25) is 0 Å². The van der Waals surface area contributed by atoms with E-state index in [0.717, 1.165) is 11.6 Å². The number of hydrogen-bond acceptors (Lipinski definition) is 4. The van der Waals surface area contributed by atoms with Crippen molar-refractivity contribution < 1.29 is 33.3 Å². The third-order valence-corrected chi connectivity index (χ3v) is 6.81. The molecule has 0 spiro atoms. The molecule has 2 aromatic carbocycles. The summed E-state index contributed by atoms with van der Waals surface area (Å²) >= 11 is 0. The molecule has 0 amide bonds. The van der Waals surface area contributed by atoms with Crippen LogP contribution in [0.5, 0.6) is 0 Å². The van der Waals surface area contributed by atoms with Crippen molar-refractivity contribution in [2.45, 2.75) is 24.9 Å². The first-order chi connectivity index (χ1) is 21.3. The van der Waals surface area contributed by atoms with Crippen LogP contribution in [-0.2, 0) is 38.1 Å². The van der Waals surface area contributed by atoms with Crippen LogP contribution in [0.3, 0.4) is 0 Å². The molecule has 224 valence electrons. The largest absolute Gasteiger partial charge is 3.00 e. The van der Waals surface area contributed by atoms with Crippen LogP contribution in [0, 0.1) is 18.7 Å². The van der Waals surface area contributed by atoms with E-state index in [4.69, 9.17) is 16.5 Å². The maximum Gasteiger partial charge on any atom is 3.00 e. The van der Waals surface area contributed by atoms with Gasteiger partial charge in [-0.3, -0.25) is 14.8 Å². The predicted molar refractivity (Wildman–Crippen MR) is 160 cm³/mol. The average molecular weight is 778 g/mol. The number of alkyl halides is 3. The molecule has 6 rings (SSSR count). The van der Waals surface area contributed by atoms with Gasteiger partial charge in [-0.15, -0.1) is 23.8 Å². The third-order valence-electron chi connectivity index (χ3n) is 6.81. The Morgan fingerprint density at radius 3 is 2.11 bits per heavy atom. The Morgan fingerprint density at radius 1 is 0.822 bits per heavy atom. The van der Waals surface area contributed by atoms with Gasteiger partial charge in [-0.05, 0) is 49.0 Å². The Bertz CT molecular complexity index is 1840. The van der Waals surface area contributed by atoms with Crippen LogP contribution in [-0.4, -0.2) is 20.1 Å². The summed E-state index contributed by atoms with van der Waals surface area (Å²) in [7, 11) is 0. The molecule has 0 aliphatic heterocycles. The van der Waals surface area contributed by atoms with Crippen LogP contribution in [0.15, 0.2) is 116 Å². The molecule has 6 aromatic rings. The smallest absolute Gasteiger partial charge is 0.573 e. The maximum atomic E-state index is 13.1. The van der Waals surface area contributed by atoms with E-state index in [1.165, 1.54) is 0 Å². The van der Waals surface area contributed by atoms with Gasteiger partial charge in [0.15, 0.2) is 0 Å². The Kier molecular flexibility index (Phi) is 10.7. The van der Waals surface area contributed by atoms with Crippen LogP contribution in [0.25, 0.3) is 27.5 Å². The zero-order valence-corrected chi connectivity index (χ0v) is 26.2. The van der Waals surface area contributed by atoms with E-state index in [1.807, 2.05) is 73.7 Å². The summed E-state index contributed by atoms with van der Waals surface area (Å²) in [5.74, 6) is 0. The number of hydrogen-bond donors (Lipinski definition) is 0. The Labute approximate surface area is 272 Å². The van der Waals surface area contributed by atoms with Gasteiger partial charge in [0, 0.05) is 29.2 Å². The molecule has 0 bridgehead atoms. The fourth-order valence-corrected chi connectivity index (χ4v) is 4.58. The Morgan fingerprint density at radius 2 is 1.53 bits per heavy atom. The standard InChI is InChI=1S/C30H19F3N5.C5H5N.Ir/c1-29(19-20-9-4-3-5-10-20,26-15-7-13-23(35-26)21-11-6-12-22(17-21)34-2)27-16-8-14-24(36-27)25-18-28(38-37-25)30(31,32)33;1-2-4-6-5-3-1;/h3-4,6-10,12-18H,19H2,1H3;1-5H;/q-3;;+3. The van der Waals surface area contributed by atoms with Crippen molar-refractivity contribution in [2.75, 3.05) is 0 Å². The summed E-state index contributed by atoms with van der Waals surface area (Å²) in [4.78, 5) is 17.0. The molecule has 0 fully saturated rings. The van der Waals surface area contributed by atoms with Crippen LogP contribution >= 0.6 is 0 Å². The molecular weight excluding hydrogens is 754 g/mol. The van der Waals surface area contributed by atoms with Crippen molar-refractivity contribution in [3.8, 4) is 22.6 Å². The van der Waals surface area contributed by atoms with Gasteiger partial charge >= 0.3 is 26.3 Å². The number of aromatic nitrogens is 5. The second-order valence-corrected chi connectivity index (χ2v) is 9.95. The topological polar surface area (TPSA) is 70.0 Å². The summed E-state index contributed by atoms with van der Waals surface area (Å²) in [6.45, 7) is 9.31. The van der Waals surface area contributed by atoms with Crippen LogP contribution < -0.4 is 5.10 Å². The first-order valence-electron chi connectivity index (χ1n) is 13.5. The van der Waals surface area contributed by atoms with E-state index in [9.17, 15) is 13.2 Å². The molecule has 0 N–H and O–H groups in total. The van der Waals surface area contributed by atoms with Gasteiger partial charge in [-0.2, -0.15) is 55.1 Å². The minimum Gasteiger partial charge on any atom is -0.573 e. The normalized spacial score (nSPS) is 12.1. The second-order valence-electron chi connectivity index (χ2n) is 9.95. The van der Waals surface area contributed by atoms with Gasteiger partial charge in [0.1, 0.15) is 11.4 Å². The molecule has 6 nitrogen and oxygen atoms in total. The van der Waals surface area contributed by atoms with Gasteiger partial charge in [-0.1, -0.05) is 36.4 Å². The molecule has 0 aliphatic rings. The van der Waals surface area contributed by atoms with Gasteiger partial charge in [-0.25, -0.2) is 0 Å². The number of nitrogens with zero attached hydrogens (tertiary/aromatic N) is 6. The van der Waals surface area contributed by atoms with Crippen LogP contribution in [0.4, 0.5) is 18.9 Å². The minimum absolute atomic E-state index is 0. The summed E-state index contributed by atoms with van der Waals surface area (Å²) < 4.78 is 39.4. The number of benzene rings is 2. The molecule has 4 heterocycles. The van der Waals surface area contributed by atoms with Gasteiger partial charge in [0.05, 0.1) is 12.3 Å². The van der Waals surface area contributed by atoms with E-state index < -0.39 is 17.3 Å². The van der Waals surface area contributed by atoms with Crippen molar-refractivity contribution in [3.63, 3.8) is 0 Å². The first kappa shape index (κ1) is 32.9. The molecule has 4 aromatic heterocycles. The maximum absolute atomic E-state index is 13.1. The minimum atomic E-state index is -4.59. The van der Waals surface area contributed by atoms with Crippen molar-refractivity contribution in [1.82, 2.24) is 25.1 Å². The molecule has 1 atom stereocenters. The summed E-state index contributed by atoms with van der Waals surface area (Å²) in [5, 5.41) is 7.01. The molecule has 0 radical (unpaired) electrons. The van der Waals surface area contributed by atoms with Crippen molar-refractivity contribution in [2.24, 2.45) is 0 Å². The van der Waals surface area contributed by atoms with E-state index in [-0.39, 0.29) is 31.5 Å². The van der Waals surface area contributed by atoms with E-state index in [1.54, 1.807) is 42.7 Å². The monoisotopic (exact) mass is 778 g/mol. The SMILES string of the molecule is [C-]#[N+]c1cc[c-]c(-c2cccc(C(C)(Cc3c[c-]ccc3)c3cccc(-c4cc(C(F)(F)F)n[n-]4)n3)n2)c1.[Ir+3].c1ccncc1. The first-order valence-corrected chi connectivity index (χ1v) is 13.5. The quantitative estimate of drug-likeness (QED) is 0.161. The molecule has 0 saturated carbocycles. The van der Waals surface area contributed by atoms with Gasteiger partial charge in [0.25, 0.3) is 0 Å². The van der Waals surface area contributed by atoms with E-state index in [0.29, 0.717) is 34.8 Å². The number of halogens is 3. The van der Waals surface area contributed by atoms with Crippen molar-refractivity contribution >= 4 is 5.69 Å². The molecule has 1 unspecified atom stereocenters. The Balaban J connectivity index is 0.000000591.